The van der Waals surface area contributed by atoms with Crippen LogP contribution in [0.1, 0.15) is 32.0 Å². The fourth-order valence-corrected chi connectivity index (χ4v) is 3.95. The van der Waals surface area contributed by atoms with E-state index in [0.717, 1.165) is 16.8 Å². The van der Waals surface area contributed by atoms with Gasteiger partial charge in [-0.3, -0.25) is 9.59 Å². The molecular weight excluding hydrogens is 496 g/mol. The summed E-state index contributed by atoms with van der Waals surface area (Å²) in [4.78, 5) is 25.7. The van der Waals surface area contributed by atoms with Gasteiger partial charge in [-0.15, -0.1) is 0 Å². The second kappa shape index (κ2) is 13.0. The van der Waals surface area contributed by atoms with Crippen LogP contribution in [0, 0.1) is 6.92 Å². The Morgan fingerprint density at radius 3 is 2.15 bits per heavy atom. The number of nitrogens with one attached hydrogen (secondary N) is 4. The second-order valence-corrected chi connectivity index (χ2v) is 8.76. The van der Waals surface area contributed by atoms with Crippen LogP contribution >= 0.6 is 0 Å². The van der Waals surface area contributed by atoms with E-state index in [1.54, 1.807) is 50.6 Å². The lowest BCUT2D eigenvalue weighted by Gasteiger charge is -2.16. The molecule has 3 aromatic carbocycles. The van der Waals surface area contributed by atoms with E-state index in [1.165, 1.54) is 6.26 Å². The second-order valence-electron chi connectivity index (χ2n) is 8.76. The topological polar surface area (TPSA) is 114 Å². The van der Waals surface area contributed by atoms with E-state index in [9.17, 15) is 9.59 Å². The Morgan fingerprint density at radius 1 is 0.769 bits per heavy atom. The summed E-state index contributed by atoms with van der Waals surface area (Å²) in [5, 5.41) is 12.5. The van der Waals surface area contributed by atoms with Gasteiger partial charge >= 0.3 is 0 Å². The van der Waals surface area contributed by atoms with Gasteiger partial charge in [0.25, 0.3) is 11.8 Å². The van der Waals surface area contributed by atoms with Crippen LogP contribution in [0.4, 0.5) is 17.1 Å². The number of rotatable bonds is 12. The van der Waals surface area contributed by atoms with Crippen molar-refractivity contribution >= 4 is 28.9 Å². The van der Waals surface area contributed by atoms with Crippen LogP contribution in [0.5, 0.6) is 11.5 Å². The average molecular weight is 529 g/mol. The maximum Gasteiger partial charge on any atom is 0.291 e. The number of furan rings is 1. The summed E-state index contributed by atoms with van der Waals surface area (Å²) < 4.78 is 15.8. The zero-order chi connectivity index (χ0) is 27.6. The summed E-state index contributed by atoms with van der Waals surface area (Å²) in [6, 6.07) is 21.8. The molecule has 0 radical (unpaired) electrons. The van der Waals surface area contributed by atoms with Crippen molar-refractivity contribution < 1.29 is 23.5 Å². The predicted molar refractivity (Wildman–Crippen MR) is 152 cm³/mol. The minimum Gasteiger partial charge on any atom is -0.497 e. The standard InChI is InChI=1S/C30H32N4O5/c1-20-7-4-5-8-25(20)31-12-13-32-26-11-10-22(17-27(26)34-30(36)28-9-6-14-39-28)29(35)33-19-21-15-23(37-2)18-24(16-21)38-3/h4-11,14-18,31-32H,12-13,19H2,1-3H3,(H,33,35)(H,34,36). The Morgan fingerprint density at radius 2 is 1.49 bits per heavy atom. The number of amides is 2. The highest BCUT2D eigenvalue weighted by Crippen LogP contribution is 2.25. The molecular formula is C30H32N4O5. The van der Waals surface area contributed by atoms with Gasteiger partial charge in [-0.1, -0.05) is 18.2 Å². The summed E-state index contributed by atoms with van der Waals surface area (Å²) in [7, 11) is 3.15. The lowest BCUT2D eigenvalue weighted by molar-refractivity contribution is 0.0949. The lowest BCUT2D eigenvalue weighted by atomic mass is 10.1. The summed E-state index contributed by atoms with van der Waals surface area (Å²) in [5.41, 5.74) is 4.57. The van der Waals surface area contributed by atoms with Crippen molar-refractivity contribution in [1.82, 2.24) is 5.32 Å². The highest BCUT2D eigenvalue weighted by atomic mass is 16.5. The molecule has 0 saturated carbocycles. The fraction of sp³-hybridized carbons (Fsp3) is 0.200. The van der Waals surface area contributed by atoms with Gasteiger partial charge in [0.15, 0.2) is 5.76 Å². The van der Waals surface area contributed by atoms with Crippen molar-refractivity contribution in [3.05, 3.63) is 102 Å². The van der Waals surface area contributed by atoms with E-state index in [-0.39, 0.29) is 18.2 Å². The number of aryl methyl sites for hydroxylation is 1. The highest BCUT2D eigenvalue weighted by molar-refractivity contribution is 6.05. The van der Waals surface area contributed by atoms with E-state index in [2.05, 4.69) is 21.3 Å². The van der Waals surface area contributed by atoms with E-state index in [1.807, 2.05) is 43.3 Å². The monoisotopic (exact) mass is 528 g/mol. The molecule has 9 heteroatoms. The number of hydrogen-bond acceptors (Lipinski definition) is 7. The molecule has 202 valence electrons. The third kappa shape index (κ3) is 7.32. The van der Waals surface area contributed by atoms with E-state index >= 15 is 0 Å². The van der Waals surface area contributed by atoms with Crippen LogP contribution in [-0.4, -0.2) is 39.1 Å². The smallest absolute Gasteiger partial charge is 0.291 e. The van der Waals surface area contributed by atoms with E-state index in [0.29, 0.717) is 41.5 Å². The Bertz CT molecular complexity index is 1400. The first kappa shape index (κ1) is 27.1. The molecule has 0 fully saturated rings. The van der Waals surface area contributed by atoms with Crippen molar-refractivity contribution in [2.75, 3.05) is 43.3 Å². The van der Waals surface area contributed by atoms with Crippen LogP contribution in [0.25, 0.3) is 0 Å². The van der Waals surface area contributed by atoms with Crippen LogP contribution in [0.2, 0.25) is 0 Å². The first-order chi connectivity index (χ1) is 19.0. The highest BCUT2D eigenvalue weighted by Gasteiger charge is 2.15. The van der Waals surface area contributed by atoms with Gasteiger partial charge in [0.2, 0.25) is 0 Å². The van der Waals surface area contributed by atoms with Crippen molar-refractivity contribution in [3.63, 3.8) is 0 Å². The van der Waals surface area contributed by atoms with E-state index in [4.69, 9.17) is 13.9 Å². The largest absolute Gasteiger partial charge is 0.497 e. The molecule has 9 nitrogen and oxygen atoms in total. The van der Waals surface area contributed by atoms with Crippen molar-refractivity contribution in [1.29, 1.82) is 0 Å². The van der Waals surface area contributed by atoms with Gasteiger partial charge in [0.1, 0.15) is 11.5 Å². The third-order valence-corrected chi connectivity index (χ3v) is 6.04. The van der Waals surface area contributed by atoms with Gasteiger partial charge in [-0.2, -0.15) is 0 Å². The van der Waals surface area contributed by atoms with Crippen LogP contribution in [-0.2, 0) is 6.54 Å². The number of carbonyl (C=O) groups is 2. The molecule has 4 rings (SSSR count). The Balaban J connectivity index is 1.46. The van der Waals surface area contributed by atoms with Crippen molar-refractivity contribution in [2.24, 2.45) is 0 Å². The molecule has 0 atom stereocenters. The third-order valence-electron chi connectivity index (χ3n) is 6.04. The Kier molecular flexibility index (Phi) is 9.07. The molecule has 0 aliphatic heterocycles. The molecule has 0 saturated heterocycles. The van der Waals surface area contributed by atoms with Crippen LogP contribution in [0.15, 0.2) is 83.5 Å². The minimum absolute atomic E-state index is 0.170. The average Bonchev–Trinajstić information content (AvgIpc) is 3.50. The van der Waals surface area contributed by atoms with Gasteiger partial charge in [-0.25, -0.2) is 0 Å². The normalized spacial score (nSPS) is 10.4. The number of benzene rings is 3. The Labute approximate surface area is 227 Å². The summed E-state index contributed by atoms with van der Waals surface area (Å²) in [5.74, 6) is 0.729. The summed E-state index contributed by atoms with van der Waals surface area (Å²) >= 11 is 0. The number of methoxy groups -OCH3 is 2. The number of para-hydroxylation sites is 1. The maximum atomic E-state index is 13.0. The SMILES string of the molecule is COc1cc(CNC(=O)c2ccc(NCCNc3ccccc3C)c(NC(=O)c3ccco3)c2)cc(OC)c1. The minimum atomic E-state index is -0.415. The lowest BCUT2D eigenvalue weighted by Crippen LogP contribution is -2.23. The van der Waals surface area contributed by atoms with Crippen molar-refractivity contribution in [2.45, 2.75) is 13.5 Å². The van der Waals surface area contributed by atoms with Gasteiger partial charge in [0.05, 0.1) is 31.9 Å². The molecule has 39 heavy (non-hydrogen) atoms. The molecule has 0 aliphatic carbocycles. The predicted octanol–water partition coefficient (Wildman–Crippen LogP) is 5.31. The van der Waals surface area contributed by atoms with Gasteiger partial charge in [-0.05, 0) is 66.6 Å². The van der Waals surface area contributed by atoms with E-state index < -0.39 is 5.91 Å². The van der Waals surface area contributed by atoms with Crippen LogP contribution in [0.3, 0.4) is 0 Å². The number of ether oxygens (including phenoxy) is 2. The summed E-state index contributed by atoms with van der Waals surface area (Å²) in [6.45, 7) is 3.56. The first-order valence-corrected chi connectivity index (χ1v) is 12.5. The zero-order valence-electron chi connectivity index (χ0n) is 22.2. The number of hydrogen-bond donors (Lipinski definition) is 4. The molecule has 1 aromatic heterocycles. The number of anilines is 3. The fourth-order valence-electron chi connectivity index (χ4n) is 3.95. The van der Waals surface area contributed by atoms with Gasteiger partial charge < -0.3 is 35.2 Å². The molecule has 0 aliphatic rings. The summed E-state index contributed by atoms with van der Waals surface area (Å²) in [6.07, 6.45) is 1.43. The zero-order valence-corrected chi connectivity index (χ0v) is 22.2. The maximum absolute atomic E-state index is 13.0. The van der Waals surface area contributed by atoms with Gasteiger partial charge in [0, 0.05) is 37.0 Å². The first-order valence-electron chi connectivity index (χ1n) is 12.5. The molecule has 2 amide bonds. The molecule has 0 unspecified atom stereocenters. The molecule has 4 aromatic rings. The quantitative estimate of drug-likeness (QED) is 0.184. The van der Waals surface area contributed by atoms with Crippen LogP contribution < -0.4 is 30.7 Å². The number of carbonyl (C=O) groups excluding carboxylic acids is 2. The molecule has 0 spiro atoms. The Hall–Kier alpha value is -4.92. The molecule has 1 heterocycles. The molecule has 4 N–H and O–H groups in total. The molecule has 0 bridgehead atoms. The van der Waals surface area contributed by atoms with Crippen molar-refractivity contribution in [3.8, 4) is 11.5 Å².